The second-order valence-electron chi connectivity index (χ2n) is 2.39. The molecule has 0 spiro atoms. The molecule has 13 heavy (non-hydrogen) atoms. The molecule has 7 heteroatoms. The number of hydrogen-bond donors (Lipinski definition) is 1. The second kappa shape index (κ2) is 3.82. The van der Waals surface area contributed by atoms with Crippen LogP contribution in [0.5, 0.6) is 0 Å². The average Bonchev–Trinajstić information content (AvgIpc) is 2.26. The predicted molar refractivity (Wildman–Crippen MR) is 46.9 cm³/mol. The maximum atomic E-state index is 11.9. The van der Waals surface area contributed by atoms with Gasteiger partial charge in [0.1, 0.15) is 12.2 Å². The third-order valence-corrected chi connectivity index (χ3v) is 2.18. The highest BCUT2D eigenvalue weighted by atomic mass is 127. The molecule has 1 aromatic rings. The van der Waals surface area contributed by atoms with Crippen LogP contribution in [0.4, 0.5) is 13.2 Å². The topological polar surface area (TPSA) is 38.1 Å². The molecule has 0 aliphatic carbocycles. The van der Waals surface area contributed by atoms with Crippen molar-refractivity contribution in [1.82, 2.24) is 9.78 Å². The maximum absolute atomic E-state index is 11.9. The molecule has 0 amide bonds. The van der Waals surface area contributed by atoms with E-state index in [1.54, 1.807) is 0 Å². The zero-order chi connectivity index (χ0) is 10.1. The number of alkyl halides is 3. The number of halogens is 4. The Morgan fingerprint density at radius 1 is 1.54 bits per heavy atom. The summed E-state index contributed by atoms with van der Waals surface area (Å²) < 4.78 is 36.9. The van der Waals surface area contributed by atoms with Gasteiger partial charge >= 0.3 is 6.18 Å². The molecule has 0 bridgehead atoms. The molecule has 0 fully saturated rings. The minimum Gasteiger partial charge on any atom is -0.390 e. The van der Waals surface area contributed by atoms with Crippen molar-refractivity contribution in [3.05, 3.63) is 15.5 Å². The summed E-state index contributed by atoms with van der Waals surface area (Å²) in [6.07, 6.45) is -3.03. The molecule has 1 aromatic heterocycles. The summed E-state index contributed by atoms with van der Waals surface area (Å²) >= 11 is 1.82. The number of nitrogens with zero attached hydrogens (tertiary/aromatic N) is 2. The third-order valence-electron chi connectivity index (χ3n) is 1.28. The molecule has 0 atom stereocenters. The minimum absolute atomic E-state index is 0.268. The Labute approximate surface area is 85.7 Å². The Bertz CT molecular complexity index is 297. The van der Waals surface area contributed by atoms with E-state index in [1.165, 1.54) is 6.20 Å². The van der Waals surface area contributed by atoms with Crippen molar-refractivity contribution in [3.63, 3.8) is 0 Å². The molecule has 3 nitrogen and oxygen atoms in total. The molecular weight excluding hydrogens is 300 g/mol. The van der Waals surface area contributed by atoms with E-state index in [0.29, 0.717) is 3.57 Å². The highest BCUT2D eigenvalue weighted by molar-refractivity contribution is 14.1. The van der Waals surface area contributed by atoms with Gasteiger partial charge in [-0.25, -0.2) is 0 Å². The Kier molecular flexibility index (Phi) is 3.17. The summed E-state index contributed by atoms with van der Waals surface area (Å²) in [5.74, 6) is 0. The molecule has 0 unspecified atom stereocenters. The monoisotopic (exact) mass is 306 g/mol. The van der Waals surface area contributed by atoms with Gasteiger partial charge in [0.25, 0.3) is 0 Å². The maximum Gasteiger partial charge on any atom is 0.408 e. The fraction of sp³-hybridized carbons (Fsp3) is 0.500. The van der Waals surface area contributed by atoms with Gasteiger partial charge in [0, 0.05) is 6.20 Å². The molecule has 0 saturated heterocycles. The molecule has 0 saturated carbocycles. The van der Waals surface area contributed by atoms with Gasteiger partial charge in [0.15, 0.2) is 0 Å². The zero-order valence-corrected chi connectivity index (χ0v) is 8.50. The Morgan fingerprint density at radius 2 is 2.15 bits per heavy atom. The number of aliphatic hydroxyl groups excluding tert-OH is 1. The normalized spacial score (nSPS) is 12.1. The standard InChI is InChI=1S/C6H6F3IN2O/c7-6(8,9)3-12-1-4(10)5(2-13)11-12/h1,13H,2-3H2. The number of rotatable bonds is 2. The zero-order valence-electron chi connectivity index (χ0n) is 6.35. The van der Waals surface area contributed by atoms with Crippen molar-refractivity contribution < 1.29 is 18.3 Å². The smallest absolute Gasteiger partial charge is 0.390 e. The summed E-state index contributed by atoms with van der Waals surface area (Å²) in [5.41, 5.74) is 0.268. The molecule has 1 N–H and O–H groups in total. The lowest BCUT2D eigenvalue weighted by molar-refractivity contribution is -0.142. The van der Waals surface area contributed by atoms with Crippen molar-refractivity contribution in [2.24, 2.45) is 0 Å². The minimum atomic E-state index is -4.28. The van der Waals surface area contributed by atoms with Gasteiger partial charge in [0.2, 0.25) is 0 Å². The van der Waals surface area contributed by atoms with Crippen LogP contribution >= 0.6 is 22.6 Å². The van der Waals surface area contributed by atoms with Crippen LogP contribution in [0.15, 0.2) is 6.20 Å². The molecule has 0 aliphatic heterocycles. The van der Waals surface area contributed by atoms with Gasteiger partial charge < -0.3 is 5.11 Å². The Morgan fingerprint density at radius 3 is 2.54 bits per heavy atom. The summed E-state index contributed by atoms with van der Waals surface area (Å²) in [4.78, 5) is 0. The van der Waals surface area contributed by atoms with E-state index in [4.69, 9.17) is 5.11 Å². The molecule has 0 aliphatic rings. The summed E-state index contributed by atoms with van der Waals surface area (Å²) in [5, 5.41) is 12.2. The quantitative estimate of drug-likeness (QED) is 0.842. The van der Waals surface area contributed by atoms with Crippen molar-refractivity contribution in [2.45, 2.75) is 19.3 Å². The predicted octanol–water partition coefficient (Wildman–Crippen LogP) is 1.54. The van der Waals surface area contributed by atoms with Crippen molar-refractivity contribution in [1.29, 1.82) is 0 Å². The van der Waals surface area contributed by atoms with Gasteiger partial charge in [-0.1, -0.05) is 0 Å². The van der Waals surface area contributed by atoms with Gasteiger partial charge in [-0.3, -0.25) is 4.68 Å². The largest absolute Gasteiger partial charge is 0.408 e. The number of aliphatic hydroxyl groups is 1. The van der Waals surface area contributed by atoms with Gasteiger partial charge in [-0.2, -0.15) is 18.3 Å². The molecule has 74 valence electrons. The van der Waals surface area contributed by atoms with Gasteiger partial charge in [-0.15, -0.1) is 0 Å². The van der Waals surface area contributed by atoms with Crippen molar-refractivity contribution in [2.75, 3.05) is 0 Å². The van der Waals surface area contributed by atoms with E-state index in [1.807, 2.05) is 22.6 Å². The van der Waals surface area contributed by atoms with Gasteiger partial charge in [-0.05, 0) is 22.6 Å². The number of aromatic nitrogens is 2. The fourth-order valence-corrected chi connectivity index (χ4v) is 1.41. The number of hydrogen-bond acceptors (Lipinski definition) is 2. The highest BCUT2D eigenvalue weighted by Crippen LogP contribution is 2.18. The first-order valence-corrected chi connectivity index (χ1v) is 4.39. The van der Waals surface area contributed by atoms with Crippen molar-refractivity contribution >= 4 is 22.6 Å². The summed E-state index contributed by atoms with van der Waals surface area (Å²) in [6, 6.07) is 0. The SMILES string of the molecule is OCc1nn(CC(F)(F)F)cc1I. The van der Waals surface area contributed by atoms with Crippen LogP contribution in [0.25, 0.3) is 0 Å². The third kappa shape index (κ3) is 3.14. The lowest BCUT2D eigenvalue weighted by Crippen LogP contribution is -2.18. The van der Waals surface area contributed by atoms with Crippen LogP contribution in [-0.2, 0) is 13.2 Å². The fourth-order valence-electron chi connectivity index (χ4n) is 0.809. The van der Waals surface area contributed by atoms with Crippen LogP contribution in [-0.4, -0.2) is 21.1 Å². The summed E-state index contributed by atoms with van der Waals surface area (Å²) in [7, 11) is 0. The van der Waals surface area contributed by atoms with Gasteiger partial charge in [0.05, 0.1) is 10.2 Å². The molecule has 0 radical (unpaired) electrons. The van der Waals surface area contributed by atoms with E-state index in [-0.39, 0.29) is 12.3 Å². The molecule has 1 heterocycles. The van der Waals surface area contributed by atoms with Crippen LogP contribution < -0.4 is 0 Å². The first-order chi connectivity index (χ1) is 5.92. The first-order valence-electron chi connectivity index (χ1n) is 3.32. The average molecular weight is 306 g/mol. The van der Waals surface area contributed by atoms with Crippen LogP contribution in [0.2, 0.25) is 0 Å². The molecule has 0 aromatic carbocycles. The van der Waals surface area contributed by atoms with E-state index < -0.39 is 12.7 Å². The summed E-state index contributed by atoms with van der Waals surface area (Å²) in [6.45, 7) is -1.47. The van der Waals surface area contributed by atoms with Crippen LogP contribution in [0.1, 0.15) is 5.69 Å². The molecule has 1 rings (SSSR count). The molecular formula is C6H6F3IN2O. The van der Waals surface area contributed by atoms with E-state index in [0.717, 1.165) is 4.68 Å². The van der Waals surface area contributed by atoms with Crippen LogP contribution in [0, 0.1) is 3.57 Å². The Balaban J connectivity index is 2.80. The second-order valence-corrected chi connectivity index (χ2v) is 3.56. The Hall–Kier alpha value is -0.310. The highest BCUT2D eigenvalue weighted by Gasteiger charge is 2.28. The first kappa shape index (κ1) is 10.8. The lowest BCUT2D eigenvalue weighted by atomic mass is 10.5. The van der Waals surface area contributed by atoms with E-state index in [2.05, 4.69) is 5.10 Å². The van der Waals surface area contributed by atoms with Crippen molar-refractivity contribution in [3.8, 4) is 0 Å². The van der Waals surface area contributed by atoms with E-state index >= 15 is 0 Å². The van der Waals surface area contributed by atoms with Crippen LogP contribution in [0.3, 0.4) is 0 Å². The van der Waals surface area contributed by atoms with E-state index in [9.17, 15) is 13.2 Å². The lowest BCUT2D eigenvalue weighted by Gasteiger charge is -2.04.